The summed E-state index contributed by atoms with van der Waals surface area (Å²) in [6.07, 6.45) is 6.89. The van der Waals surface area contributed by atoms with Gasteiger partial charge in [0.05, 0.1) is 0 Å². The maximum atomic E-state index is 8.83. The number of hydrogen-bond acceptors (Lipinski definition) is 2. The summed E-state index contributed by atoms with van der Waals surface area (Å²) in [5.41, 5.74) is 15.6. The van der Waals surface area contributed by atoms with Crippen molar-refractivity contribution in [3.8, 4) is 11.5 Å². The number of benzene rings is 4. The van der Waals surface area contributed by atoms with Crippen molar-refractivity contribution in [1.29, 1.82) is 0 Å². The Balaban J connectivity index is 1.94. The van der Waals surface area contributed by atoms with Gasteiger partial charge >= 0.3 is 340 Å². The Morgan fingerprint density at radius 2 is 0.946 bits per heavy atom. The van der Waals surface area contributed by atoms with Crippen LogP contribution in [0, 0.1) is 13.8 Å². The van der Waals surface area contributed by atoms with Crippen molar-refractivity contribution in [3.63, 3.8) is 0 Å². The molecular formula is C52H72O2SiZr. The van der Waals surface area contributed by atoms with Crippen molar-refractivity contribution in [3.05, 3.63) is 140 Å². The molecule has 0 aromatic heterocycles. The summed E-state index contributed by atoms with van der Waals surface area (Å²) in [5.74, 6) is 2.64. The van der Waals surface area contributed by atoms with E-state index in [1.54, 1.807) is 0 Å². The molecule has 0 radical (unpaired) electrons. The Hall–Kier alpha value is -2.94. The van der Waals surface area contributed by atoms with Crippen LogP contribution in [0.3, 0.4) is 0 Å². The van der Waals surface area contributed by atoms with Gasteiger partial charge in [-0.1, -0.05) is 0 Å². The first-order valence-electron chi connectivity index (χ1n) is 21.5. The number of aryl methyl sites for hydroxylation is 2. The molecule has 2 aliphatic carbocycles. The molecule has 2 nitrogen and oxygen atoms in total. The zero-order valence-electron chi connectivity index (χ0n) is 37.8. The van der Waals surface area contributed by atoms with E-state index in [2.05, 4.69) is 198 Å². The van der Waals surface area contributed by atoms with E-state index in [1.807, 2.05) is 0 Å². The molecule has 300 valence electrons. The topological polar surface area (TPSA) is 18.5 Å². The standard InChI is InChI=1S/2C14H17.2C11H16O.2CH3.H2Si.Zr/c2*1-4-11-8-12-6-5-7-13(10(2)3)14(12)9-11;2*1-8-5-6-10(12)9(7-8)11(2,3)4;;;;/h2*5-10H,4H2,1-3H3;2*5-7,12H,1-4H3;2*1H3;1H2;/q;;;;;;;+2/p-2. The summed E-state index contributed by atoms with van der Waals surface area (Å²) >= 11 is -6.89. The molecule has 4 aromatic carbocycles. The van der Waals surface area contributed by atoms with E-state index in [0.717, 1.165) is 24.3 Å². The van der Waals surface area contributed by atoms with Crippen molar-refractivity contribution in [2.75, 3.05) is 0 Å². The second-order valence-electron chi connectivity index (χ2n) is 22.3. The van der Waals surface area contributed by atoms with Crippen LogP contribution in [0.25, 0.3) is 12.2 Å². The summed E-state index contributed by atoms with van der Waals surface area (Å²) in [7, 11) is 0. The molecule has 0 heterocycles. The Morgan fingerprint density at radius 3 is 1.25 bits per heavy atom. The first-order valence-corrected chi connectivity index (χ1v) is 37.2. The number of rotatable bonds is 10. The summed E-state index contributed by atoms with van der Waals surface area (Å²) in [5, 5.41) is 0. The van der Waals surface area contributed by atoms with E-state index in [1.165, 1.54) is 66.8 Å². The fourth-order valence-electron chi connectivity index (χ4n) is 11.4. The quantitative estimate of drug-likeness (QED) is 0.148. The third-order valence-electron chi connectivity index (χ3n) is 13.8. The van der Waals surface area contributed by atoms with Gasteiger partial charge in [-0.05, 0) is 0 Å². The molecule has 6 rings (SSSR count). The molecule has 0 fully saturated rings. The molecule has 2 aliphatic rings. The van der Waals surface area contributed by atoms with Crippen LogP contribution in [0.15, 0.2) is 83.9 Å². The number of allylic oxidation sites excluding steroid dienone is 2. The average molecular weight is 848 g/mol. The Kier molecular flexibility index (Phi) is 9.93. The second kappa shape index (κ2) is 13.0. The van der Waals surface area contributed by atoms with E-state index in [-0.39, 0.29) is 18.1 Å². The van der Waals surface area contributed by atoms with Crippen LogP contribution < -0.4 is 5.63 Å². The van der Waals surface area contributed by atoms with Gasteiger partial charge in [-0.15, -0.1) is 0 Å². The molecule has 4 heteroatoms. The first kappa shape index (κ1) is 42.7. The van der Waals surface area contributed by atoms with Crippen molar-refractivity contribution in [2.45, 2.75) is 149 Å². The Morgan fingerprint density at radius 1 is 0.589 bits per heavy atom. The van der Waals surface area contributed by atoms with E-state index in [9.17, 15) is 0 Å². The van der Waals surface area contributed by atoms with Crippen molar-refractivity contribution < 1.29 is 20.9 Å². The zero-order chi connectivity index (χ0) is 41.5. The molecule has 56 heavy (non-hydrogen) atoms. The maximum absolute atomic E-state index is 8.83. The molecule has 2 atom stereocenters. The van der Waals surface area contributed by atoms with E-state index < -0.39 is 15.3 Å². The van der Waals surface area contributed by atoms with Gasteiger partial charge in [0.1, 0.15) is 0 Å². The van der Waals surface area contributed by atoms with Crippen LogP contribution >= 0.6 is 0 Å². The summed E-state index contributed by atoms with van der Waals surface area (Å²) < 4.78 is 22.6. The monoisotopic (exact) mass is 846 g/mol. The van der Waals surface area contributed by atoms with Crippen molar-refractivity contribution in [1.82, 2.24) is 0 Å². The van der Waals surface area contributed by atoms with Gasteiger partial charge in [-0.3, -0.25) is 0 Å². The van der Waals surface area contributed by atoms with Gasteiger partial charge in [-0.25, -0.2) is 0 Å². The van der Waals surface area contributed by atoms with Crippen LogP contribution in [0.1, 0.15) is 171 Å². The van der Waals surface area contributed by atoms with Gasteiger partial charge in [0.15, 0.2) is 0 Å². The predicted molar refractivity (Wildman–Crippen MR) is 244 cm³/mol. The van der Waals surface area contributed by atoms with Gasteiger partial charge in [0.2, 0.25) is 0 Å². The summed E-state index contributed by atoms with van der Waals surface area (Å²) in [6, 6.07) is 27.9. The molecular weight excluding hydrogens is 776 g/mol. The van der Waals surface area contributed by atoms with E-state index >= 15 is 0 Å². The first-order chi connectivity index (χ1) is 25.7. The Labute approximate surface area is 337 Å². The third-order valence-corrected chi connectivity index (χ3v) is 40.7. The van der Waals surface area contributed by atoms with Crippen molar-refractivity contribution in [2.24, 2.45) is 0 Å². The molecule has 0 bridgehead atoms. The molecule has 0 spiro atoms. The fourth-order valence-corrected chi connectivity index (χ4v) is 42.9. The molecule has 0 aliphatic heterocycles. The van der Waals surface area contributed by atoms with E-state index in [4.69, 9.17) is 5.63 Å². The van der Waals surface area contributed by atoms with Gasteiger partial charge < -0.3 is 0 Å². The molecule has 0 amide bonds. The van der Waals surface area contributed by atoms with Gasteiger partial charge in [0, 0.05) is 0 Å². The van der Waals surface area contributed by atoms with Crippen LogP contribution in [-0.4, -0.2) is 6.88 Å². The van der Waals surface area contributed by atoms with Crippen LogP contribution in [-0.2, 0) is 26.1 Å². The number of fused-ring (bicyclic) bond motifs is 2. The second-order valence-corrected chi connectivity index (χ2v) is 65.4. The van der Waals surface area contributed by atoms with Crippen LogP contribution in [0.2, 0.25) is 9.26 Å². The summed E-state index contributed by atoms with van der Waals surface area (Å²) in [4.78, 5) is 0. The molecule has 0 saturated heterocycles. The van der Waals surface area contributed by atoms with Crippen molar-refractivity contribution >= 4 is 19.0 Å². The predicted octanol–water partition coefficient (Wildman–Crippen LogP) is 14.9. The average Bonchev–Trinajstić information content (AvgIpc) is 3.70. The Bertz CT molecular complexity index is 2270. The zero-order valence-corrected chi connectivity index (χ0v) is 41.7. The minimum absolute atomic E-state index is 0.124. The molecule has 0 N–H and O–H groups in total. The molecule has 2 unspecified atom stereocenters. The van der Waals surface area contributed by atoms with Gasteiger partial charge in [0.25, 0.3) is 0 Å². The van der Waals surface area contributed by atoms with Crippen LogP contribution in [0.5, 0.6) is 11.5 Å². The third kappa shape index (κ3) is 6.62. The minimum atomic E-state index is -6.89. The molecule has 0 saturated carbocycles. The normalized spacial score (nSPS) is 19.1. The molecule has 4 aromatic rings. The number of hydrogen-bond donors (Lipinski definition) is 0. The summed E-state index contributed by atoms with van der Waals surface area (Å²) in [6.45, 7) is 34.6. The van der Waals surface area contributed by atoms with E-state index in [0.29, 0.717) is 11.8 Å². The fraction of sp³-hybridized carbons (Fsp3) is 0.462. The SMILES string of the molecule is CCC1=Cc2c(C(C)C)cccc2[CH]1[Zr]([CH3])([CH3])(=[SiH2])([O]c1ccc(C)cc1C(C)(C)C)([O]c1ccc(C)cc1C(C)(C)C)[CH]1C(CC)=Cc2c(C(C)C)cccc21. The van der Waals surface area contributed by atoms with Crippen LogP contribution in [0.4, 0.5) is 0 Å². The van der Waals surface area contributed by atoms with Gasteiger partial charge in [-0.2, -0.15) is 0 Å².